The van der Waals surface area contributed by atoms with Crippen LogP contribution >= 0.6 is 0 Å². The Morgan fingerprint density at radius 3 is 2.52 bits per heavy atom. The number of benzene rings is 2. The first-order chi connectivity index (χ1) is 10.1. The van der Waals surface area contributed by atoms with Crippen LogP contribution in [0.2, 0.25) is 0 Å². The minimum Gasteiger partial charge on any atom is -0.508 e. The maximum atomic E-state index is 13.6. The molecule has 21 heavy (non-hydrogen) atoms. The predicted molar refractivity (Wildman–Crippen MR) is 73.0 cm³/mol. The molecule has 2 N–H and O–H groups in total. The van der Waals surface area contributed by atoms with Gasteiger partial charge in [-0.15, -0.1) is 0 Å². The number of rotatable bonds is 2. The molecule has 1 aliphatic rings. The van der Waals surface area contributed by atoms with Gasteiger partial charge in [-0.25, -0.2) is 8.78 Å². The van der Waals surface area contributed by atoms with Crippen molar-refractivity contribution in [1.82, 2.24) is 5.32 Å². The van der Waals surface area contributed by atoms with E-state index in [9.17, 15) is 18.7 Å². The molecular formula is C16H13F2NO2. The second kappa shape index (κ2) is 5.16. The molecule has 2 aromatic rings. The van der Waals surface area contributed by atoms with Crippen molar-refractivity contribution in [3.05, 3.63) is 64.7 Å². The Bertz CT molecular complexity index is 695. The summed E-state index contributed by atoms with van der Waals surface area (Å²) < 4.78 is 27.2. The highest BCUT2D eigenvalue weighted by Crippen LogP contribution is 2.36. The zero-order valence-electron chi connectivity index (χ0n) is 11.1. The van der Waals surface area contributed by atoms with E-state index in [4.69, 9.17) is 0 Å². The lowest BCUT2D eigenvalue weighted by molar-refractivity contribution is 0.0928. The highest BCUT2D eigenvalue weighted by Gasteiger charge is 2.27. The SMILES string of the molecule is O=C(N[C@@H]1CCc2c(O)cccc21)c1c(F)cccc1F. The minimum atomic E-state index is -0.887. The Morgan fingerprint density at radius 1 is 1.14 bits per heavy atom. The summed E-state index contributed by atoms with van der Waals surface area (Å²) in [5.74, 6) is -2.38. The average molecular weight is 289 g/mol. The molecular weight excluding hydrogens is 276 g/mol. The number of aromatic hydroxyl groups is 1. The summed E-state index contributed by atoms with van der Waals surface area (Å²) in [5, 5.41) is 12.4. The second-order valence-corrected chi connectivity index (χ2v) is 5.01. The van der Waals surface area contributed by atoms with Crippen molar-refractivity contribution in [1.29, 1.82) is 0 Å². The monoisotopic (exact) mass is 289 g/mol. The van der Waals surface area contributed by atoms with Gasteiger partial charge < -0.3 is 10.4 Å². The fraction of sp³-hybridized carbons (Fsp3) is 0.188. The topological polar surface area (TPSA) is 49.3 Å². The van der Waals surface area contributed by atoms with Crippen LogP contribution in [0.15, 0.2) is 36.4 Å². The molecule has 0 saturated carbocycles. The Hall–Kier alpha value is -2.43. The summed E-state index contributed by atoms with van der Waals surface area (Å²) in [7, 11) is 0. The van der Waals surface area contributed by atoms with E-state index in [1.54, 1.807) is 18.2 Å². The van der Waals surface area contributed by atoms with Gasteiger partial charge in [0.1, 0.15) is 22.9 Å². The van der Waals surface area contributed by atoms with E-state index in [2.05, 4.69) is 5.32 Å². The van der Waals surface area contributed by atoms with Gasteiger partial charge in [-0.2, -0.15) is 0 Å². The summed E-state index contributed by atoms with van der Waals surface area (Å²) in [6.45, 7) is 0. The van der Waals surface area contributed by atoms with Crippen LogP contribution in [0.25, 0.3) is 0 Å². The van der Waals surface area contributed by atoms with Crippen molar-refractivity contribution in [3.8, 4) is 5.75 Å². The Labute approximate surface area is 120 Å². The van der Waals surface area contributed by atoms with Crippen molar-refractivity contribution in [2.75, 3.05) is 0 Å². The lowest BCUT2D eigenvalue weighted by Gasteiger charge is -2.15. The number of hydrogen-bond donors (Lipinski definition) is 2. The van der Waals surface area contributed by atoms with Crippen molar-refractivity contribution in [2.45, 2.75) is 18.9 Å². The summed E-state index contributed by atoms with van der Waals surface area (Å²) >= 11 is 0. The molecule has 5 heteroatoms. The van der Waals surface area contributed by atoms with Gasteiger partial charge in [0.05, 0.1) is 6.04 Å². The van der Waals surface area contributed by atoms with E-state index in [0.29, 0.717) is 12.8 Å². The highest BCUT2D eigenvalue weighted by atomic mass is 19.1. The summed E-state index contributed by atoms with van der Waals surface area (Å²) in [6, 6.07) is 8.02. The van der Waals surface area contributed by atoms with Crippen LogP contribution in [-0.2, 0) is 6.42 Å². The largest absolute Gasteiger partial charge is 0.508 e. The lowest BCUT2D eigenvalue weighted by Crippen LogP contribution is -2.28. The van der Waals surface area contributed by atoms with Gasteiger partial charge in [-0.1, -0.05) is 18.2 Å². The summed E-state index contributed by atoms with van der Waals surface area (Å²) in [5.41, 5.74) is 0.989. The fourth-order valence-electron chi connectivity index (χ4n) is 2.73. The Kier molecular flexibility index (Phi) is 3.33. The van der Waals surface area contributed by atoms with Crippen LogP contribution in [0.3, 0.4) is 0 Å². The van der Waals surface area contributed by atoms with Crippen LogP contribution in [0.5, 0.6) is 5.75 Å². The second-order valence-electron chi connectivity index (χ2n) is 5.01. The third-order valence-corrected chi connectivity index (χ3v) is 3.74. The quantitative estimate of drug-likeness (QED) is 0.892. The minimum absolute atomic E-state index is 0.182. The predicted octanol–water partition coefficient (Wildman–Crippen LogP) is 3.09. The molecule has 0 fully saturated rings. The van der Waals surface area contributed by atoms with Gasteiger partial charge >= 0.3 is 0 Å². The van der Waals surface area contributed by atoms with Crippen LogP contribution < -0.4 is 5.32 Å². The highest BCUT2D eigenvalue weighted by molar-refractivity contribution is 5.95. The third kappa shape index (κ3) is 2.35. The molecule has 3 rings (SSSR count). The molecule has 0 radical (unpaired) electrons. The van der Waals surface area contributed by atoms with Crippen molar-refractivity contribution in [3.63, 3.8) is 0 Å². The number of amides is 1. The van der Waals surface area contributed by atoms with E-state index in [1.807, 2.05) is 0 Å². The number of fused-ring (bicyclic) bond motifs is 1. The number of phenolic OH excluding ortho intramolecular Hbond substituents is 1. The third-order valence-electron chi connectivity index (χ3n) is 3.74. The molecule has 0 heterocycles. The molecule has 108 valence electrons. The van der Waals surface area contributed by atoms with Gasteiger partial charge in [0, 0.05) is 0 Å². The first-order valence-electron chi connectivity index (χ1n) is 6.63. The van der Waals surface area contributed by atoms with E-state index in [0.717, 1.165) is 23.3 Å². The Balaban J connectivity index is 1.87. The Morgan fingerprint density at radius 2 is 1.81 bits per heavy atom. The molecule has 0 aliphatic heterocycles. The van der Waals surface area contributed by atoms with E-state index < -0.39 is 23.1 Å². The van der Waals surface area contributed by atoms with Crippen LogP contribution in [0.1, 0.15) is 33.9 Å². The fourth-order valence-corrected chi connectivity index (χ4v) is 2.73. The molecule has 0 bridgehead atoms. The molecule has 1 atom stereocenters. The number of halogens is 2. The molecule has 0 spiro atoms. The van der Waals surface area contributed by atoms with Crippen LogP contribution in [0, 0.1) is 11.6 Å². The van der Waals surface area contributed by atoms with E-state index >= 15 is 0 Å². The summed E-state index contributed by atoms with van der Waals surface area (Å²) in [4.78, 5) is 12.1. The zero-order chi connectivity index (χ0) is 15.0. The molecule has 0 unspecified atom stereocenters. The van der Waals surface area contributed by atoms with Crippen molar-refractivity contribution in [2.24, 2.45) is 0 Å². The first-order valence-corrected chi connectivity index (χ1v) is 6.63. The van der Waals surface area contributed by atoms with Gasteiger partial charge in [0.25, 0.3) is 5.91 Å². The number of nitrogens with one attached hydrogen (secondary N) is 1. The van der Waals surface area contributed by atoms with Gasteiger partial charge in [0.2, 0.25) is 0 Å². The maximum absolute atomic E-state index is 13.6. The van der Waals surface area contributed by atoms with Crippen molar-refractivity contribution >= 4 is 5.91 Å². The van der Waals surface area contributed by atoms with Gasteiger partial charge in [-0.05, 0) is 42.2 Å². The molecule has 0 aromatic heterocycles. The smallest absolute Gasteiger partial charge is 0.257 e. The molecule has 0 saturated heterocycles. The van der Waals surface area contributed by atoms with Crippen molar-refractivity contribution < 1.29 is 18.7 Å². The standard InChI is InChI=1S/C16H13F2NO2/c17-11-4-2-5-12(18)15(11)16(21)19-13-8-7-10-9(13)3-1-6-14(10)20/h1-6,13,20H,7-8H2,(H,19,21)/t13-/m1/s1. The summed E-state index contributed by atoms with van der Waals surface area (Å²) in [6.07, 6.45) is 1.21. The lowest BCUT2D eigenvalue weighted by atomic mass is 10.1. The van der Waals surface area contributed by atoms with Crippen LogP contribution in [0.4, 0.5) is 8.78 Å². The average Bonchev–Trinajstić information content (AvgIpc) is 2.83. The molecule has 3 nitrogen and oxygen atoms in total. The number of carbonyl (C=O) groups excluding carboxylic acids is 1. The number of hydrogen-bond acceptors (Lipinski definition) is 2. The van der Waals surface area contributed by atoms with Gasteiger partial charge in [-0.3, -0.25) is 4.79 Å². The normalized spacial score (nSPS) is 16.6. The zero-order valence-corrected chi connectivity index (χ0v) is 11.1. The molecule has 2 aromatic carbocycles. The maximum Gasteiger partial charge on any atom is 0.257 e. The molecule has 1 aliphatic carbocycles. The first kappa shape index (κ1) is 13.5. The van der Waals surface area contributed by atoms with Crippen LogP contribution in [-0.4, -0.2) is 11.0 Å². The van der Waals surface area contributed by atoms with Gasteiger partial charge in [0.15, 0.2) is 0 Å². The van der Waals surface area contributed by atoms with E-state index in [1.165, 1.54) is 6.07 Å². The number of phenols is 1. The molecule has 1 amide bonds. The van der Waals surface area contributed by atoms with E-state index in [-0.39, 0.29) is 11.8 Å². The number of carbonyl (C=O) groups is 1.